The van der Waals surface area contributed by atoms with E-state index < -0.39 is 5.97 Å². The number of benzene rings is 2. The molecule has 5 heteroatoms. The Balaban J connectivity index is 2.34. The monoisotopic (exact) mass is 315 g/mol. The van der Waals surface area contributed by atoms with E-state index in [0.717, 1.165) is 5.56 Å². The first-order chi connectivity index (χ1) is 10.5. The first kappa shape index (κ1) is 15.8. The van der Waals surface area contributed by atoms with E-state index in [4.69, 9.17) is 27.4 Å². The van der Waals surface area contributed by atoms with Crippen LogP contribution in [0.1, 0.15) is 21.5 Å². The van der Waals surface area contributed by atoms with Crippen molar-refractivity contribution >= 4 is 28.9 Å². The molecule has 0 atom stereocenters. The van der Waals surface area contributed by atoms with E-state index in [2.05, 4.69) is 6.58 Å². The number of carboxylic acid groups (broad SMARTS) is 1. The number of nitrogens with two attached hydrogens (primary N) is 1. The lowest BCUT2D eigenvalue weighted by Gasteiger charge is -2.08. The molecule has 0 fully saturated rings. The second kappa shape index (κ2) is 6.93. The summed E-state index contributed by atoms with van der Waals surface area (Å²) in [7, 11) is 0. The lowest BCUT2D eigenvalue weighted by Crippen LogP contribution is -2.02. The molecule has 4 nitrogen and oxygen atoms in total. The molecule has 0 radical (unpaired) electrons. The van der Waals surface area contributed by atoms with Gasteiger partial charge in [-0.2, -0.15) is 5.90 Å². The summed E-state index contributed by atoms with van der Waals surface area (Å²) in [4.78, 5) is 15.9. The van der Waals surface area contributed by atoms with E-state index in [1.165, 1.54) is 12.1 Å². The van der Waals surface area contributed by atoms with Crippen molar-refractivity contribution in [3.63, 3.8) is 0 Å². The van der Waals surface area contributed by atoms with Gasteiger partial charge in [-0.05, 0) is 41.5 Å². The summed E-state index contributed by atoms with van der Waals surface area (Å²) in [5, 5.41) is 9.66. The molecule has 0 aliphatic heterocycles. The van der Waals surface area contributed by atoms with Gasteiger partial charge in [0.2, 0.25) is 0 Å². The highest BCUT2D eigenvalue weighted by molar-refractivity contribution is 6.30. The number of aromatic carboxylic acids is 1. The van der Waals surface area contributed by atoms with Crippen molar-refractivity contribution in [3.05, 3.63) is 82.9 Å². The molecule has 0 bridgehead atoms. The maximum absolute atomic E-state index is 11.0. The number of halogens is 1. The van der Waals surface area contributed by atoms with Crippen molar-refractivity contribution in [2.75, 3.05) is 0 Å². The van der Waals surface area contributed by atoms with Crippen molar-refractivity contribution in [1.29, 1.82) is 0 Å². The summed E-state index contributed by atoms with van der Waals surface area (Å²) < 4.78 is 0. The van der Waals surface area contributed by atoms with E-state index in [0.29, 0.717) is 21.9 Å². The Morgan fingerprint density at radius 1 is 1.14 bits per heavy atom. The molecule has 0 saturated heterocycles. The number of carboxylic acids is 1. The minimum atomic E-state index is -1.02. The van der Waals surface area contributed by atoms with Crippen LogP contribution in [-0.4, -0.2) is 11.1 Å². The van der Waals surface area contributed by atoms with E-state index in [1.54, 1.807) is 30.3 Å². The Kier molecular flexibility index (Phi) is 4.99. The molecular formula is C17H14ClNO3. The van der Waals surface area contributed by atoms with Gasteiger partial charge in [-0.1, -0.05) is 42.4 Å². The normalized spacial score (nSPS) is 11.1. The first-order valence-electron chi connectivity index (χ1n) is 6.38. The minimum Gasteiger partial charge on any atom is -0.478 e. The molecule has 112 valence electrons. The van der Waals surface area contributed by atoms with Crippen molar-refractivity contribution < 1.29 is 14.7 Å². The van der Waals surface area contributed by atoms with Gasteiger partial charge in [0.05, 0.1) is 5.56 Å². The molecule has 0 aliphatic rings. The summed E-state index contributed by atoms with van der Waals surface area (Å²) >= 11 is 5.85. The van der Waals surface area contributed by atoms with E-state index in [1.807, 2.05) is 12.1 Å². The van der Waals surface area contributed by atoms with Crippen LogP contribution in [0.3, 0.4) is 0 Å². The predicted molar refractivity (Wildman–Crippen MR) is 87.1 cm³/mol. The predicted octanol–water partition coefficient (Wildman–Crippen LogP) is 3.98. The van der Waals surface area contributed by atoms with Crippen LogP contribution in [0, 0.1) is 0 Å². The first-order valence-corrected chi connectivity index (χ1v) is 6.76. The van der Waals surface area contributed by atoms with Gasteiger partial charge in [0.15, 0.2) is 5.76 Å². The van der Waals surface area contributed by atoms with Gasteiger partial charge in [-0.15, -0.1) is 0 Å². The molecular weight excluding hydrogens is 302 g/mol. The van der Waals surface area contributed by atoms with Crippen LogP contribution in [0.4, 0.5) is 0 Å². The molecule has 2 aromatic carbocycles. The van der Waals surface area contributed by atoms with Crippen LogP contribution >= 0.6 is 11.6 Å². The molecule has 3 N–H and O–H groups in total. The number of hydrogen-bond donors (Lipinski definition) is 2. The van der Waals surface area contributed by atoms with Gasteiger partial charge in [0, 0.05) is 10.6 Å². The maximum Gasteiger partial charge on any atom is 0.335 e. The third kappa shape index (κ3) is 3.75. The number of rotatable bonds is 5. The van der Waals surface area contributed by atoms with Crippen LogP contribution in [0.25, 0.3) is 11.3 Å². The molecule has 0 spiro atoms. The van der Waals surface area contributed by atoms with Gasteiger partial charge >= 0.3 is 5.97 Å². The molecule has 0 amide bonds. The topological polar surface area (TPSA) is 72.5 Å². The zero-order valence-electron chi connectivity index (χ0n) is 11.6. The Morgan fingerprint density at radius 2 is 1.77 bits per heavy atom. The number of hydrogen-bond acceptors (Lipinski definition) is 3. The van der Waals surface area contributed by atoms with E-state index >= 15 is 0 Å². The lowest BCUT2D eigenvalue weighted by molar-refractivity contribution is 0.0697. The Labute approximate surface area is 133 Å². The number of allylic oxidation sites excluding steroid dienone is 2. The fraction of sp³-hybridized carbons (Fsp3) is 0. The van der Waals surface area contributed by atoms with Crippen molar-refractivity contribution in [3.8, 4) is 0 Å². The number of carbonyl (C=O) groups is 1. The third-order valence-corrected chi connectivity index (χ3v) is 3.29. The fourth-order valence-corrected chi connectivity index (χ4v) is 2.02. The standard InChI is InChI=1S/C17H14ClNO3/c1-11(12-5-7-15(18)8-6-12)9-16(22-19)13-3-2-4-14(10-13)17(20)21/h2-10H,1,19H2,(H,20,21)/b16-9-. The average molecular weight is 316 g/mol. The van der Waals surface area contributed by atoms with Gasteiger partial charge < -0.3 is 9.94 Å². The SMILES string of the molecule is C=C(/C=C(\ON)c1cccc(C(=O)O)c1)c1ccc(Cl)cc1. The van der Waals surface area contributed by atoms with Crippen LogP contribution in [0.2, 0.25) is 5.02 Å². The summed E-state index contributed by atoms with van der Waals surface area (Å²) in [6.07, 6.45) is 1.64. The molecule has 0 heterocycles. The highest BCUT2D eigenvalue weighted by Gasteiger charge is 2.08. The van der Waals surface area contributed by atoms with E-state index in [-0.39, 0.29) is 5.56 Å². The molecule has 2 rings (SSSR count). The molecule has 0 unspecified atom stereocenters. The Morgan fingerprint density at radius 3 is 2.36 bits per heavy atom. The second-order valence-electron chi connectivity index (χ2n) is 4.54. The summed E-state index contributed by atoms with van der Waals surface area (Å²) in [5.74, 6) is 4.61. The zero-order chi connectivity index (χ0) is 16.1. The van der Waals surface area contributed by atoms with Crippen LogP contribution in [0.15, 0.2) is 61.2 Å². The summed E-state index contributed by atoms with van der Waals surface area (Å²) in [5.41, 5.74) is 2.22. The van der Waals surface area contributed by atoms with Crippen molar-refractivity contribution in [2.24, 2.45) is 5.90 Å². The summed E-state index contributed by atoms with van der Waals surface area (Å²) in [6, 6.07) is 13.5. The van der Waals surface area contributed by atoms with Gasteiger partial charge in [-0.25, -0.2) is 4.79 Å². The second-order valence-corrected chi connectivity index (χ2v) is 4.98. The zero-order valence-corrected chi connectivity index (χ0v) is 12.4. The highest BCUT2D eigenvalue weighted by Crippen LogP contribution is 2.23. The van der Waals surface area contributed by atoms with Gasteiger partial charge in [-0.3, -0.25) is 0 Å². The quantitative estimate of drug-likeness (QED) is 0.497. The fourth-order valence-electron chi connectivity index (χ4n) is 1.90. The van der Waals surface area contributed by atoms with E-state index in [9.17, 15) is 4.79 Å². The molecule has 0 aromatic heterocycles. The largest absolute Gasteiger partial charge is 0.478 e. The molecule has 0 saturated carbocycles. The molecule has 0 aliphatic carbocycles. The van der Waals surface area contributed by atoms with Gasteiger partial charge in [0.25, 0.3) is 0 Å². The third-order valence-electron chi connectivity index (χ3n) is 3.04. The smallest absolute Gasteiger partial charge is 0.335 e. The maximum atomic E-state index is 11.0. The van der Waals surface area contributed by atoms with Crippen LogP contribution < -0.4 is 5.90 Å². The average Bonchev–Trinajstić information content (AvgIpc) is 2.53. The molecule has 22 heavy (non-hydrogen) atoms. The molecule has 2 aromatic rings. The van der Waals surface area contributed by atoms with Crippen LogP contribution in [-0.2, 0) is 4.84 Å². The Hall–Kier alpha value is -2.56. The van der Waals surface area contributed by atoms with Gasteiger partial charge in [0.1, 0.15) is 0 Å². The van der Waals surface area contributed by atoms with Crippen LogP contribution in [0.5, 0.6) is 0 Å². The minimum absolute atomic E-state index is 0.151. The lowest BCUT2D eigenvalue weighted by atomic mass is 10.0. The van der Waals surface area contributed by atoms with Crippen molar-refractivity contribution in [2.45, 2.75) is 0 Å². The Bertz CT molecular complexity index is 736. The summed E-state index contributed by atoms with van der Waals surface area (Å²) in [6.45, 7) is 3.95. The highest BCUT2D eigenvalue weighted by atomic mass is 35.5. The van der Waals surface area contributed by atoms with Crippen molar-refractivity contribution in [1.82, 2.24) is 0 Å².